The third-order valence-electron chi connectivity index (χ3n) is 4.79. The minimum absolute atomic E-state index is 0.0572. The standard InChI is InChI=1S/C17H20N4O3/c1-12-16(2-5-23-12)17(22)21-4-3-20-10-14(6-13(20)9-21)24-15-7-18-11-19-8-15/h2,5,7-8,11,13-14H,3-4,6,9-10H2,1H3/t13-,14+/m0/s1. The molecule has 126 valence electrons. The summed E-state index contributed by atoms with van der Waals surface area (Å²) in [6.07, 6.45) is 7.45. The van der Waals surface area contributed by atoms with Gasteiger partial charge in [0, 0.05) is 38.6 Å². The molecule has 2 aromatic heterocycles. The summed E-state index contributed by atoms with van der Waals surface area (Å²) in [5.74, 6) is 1.44. The zero-order chi connectivity index (χ0) is 16.5. The first kappa shape index (κ1) is 15.1. The summed E-state index contributed by atoms with van der Waals surface area (Å²) < 4.78 is 11.2. The van der Waals surface area contributed by atoms with Crippen molar-refractivity contribution in [2.75, 3.05) is 26.2 Å². The molecule has 4 rings (SSSR count). The molecule has 0 aromatic carbocycles. The number of nitrogens with zero attached hydrogens (tertiary/aromatic N) is 4. The molecule has 7 nitrogen and oxygen atoms in total. The molecule has 0 unspecified atom stereocenters. The number of amides is 1. The highest BCUT2D eigenvalue weighted by atomic mass is 16.5. The van der Waals surface area contributed by atoms with E-state index in [9.17, 15) is 4.79 Å². The minimum atomic E-state index is 0.0572. The van der Waals surface area contributed by atoms with Gasteiger partial charge in [-0.15, -0.1) is 0 Å². The Labute approximate surface area is 140 Å². The van der Waals surface area contributed by atoms with Gasteiger partial charge in [-0.05, 0) is 13.0 Å². The number of piperazine rings is 1. The van der Waals surface area contributed by atoms with Crippen LogP contribution in [-0.4, -0.2) is 64.0 Å². The van der Waals surface area contributed by atoms with Gasteiger partial charge in [-0.1, -0.05) is 0 Å². The average molecular weight is 328 g/mol. The Morgan fingerprint density at radius 3 is 2.88 bits per heavy atom. The number of carbonyl (C=O) groups is 1. The third-order valence-corrected chi connectivity index (χ3v) is 4.79. The zero-order valence-corrected chi connectivity index (χ0v) is 13.6. The molecular formula is C17H20N4O3. The number of hydrogen-bond donors (Lipinski definition) is 0. The fourth-order valence-electron chi connectivity index (χ4n) is 3.58. The van der Waals surface area contributed by atoms with E-state index in [1.165, 1.54) is 6.33 Å². The lowest BCUT2D eigenvalue weighted by Gasteiger charge is -2.37. The highest BCUT2D eigenvalue weighted by Crippen LogP contribution is 2.26. The highest BCUT2D eigenvalue weighted by molar-refractivity contribution is 5.95. The van der Waals surface area contributed by atoms with Gasteiger partial charge in [-0.3, -0.25) is 9.69 Å². The fraction of sp³-hybridized carbons (Fsp3) is 0.471. The fourth-order valence-corrected chi connectivity index (χ4v) is 3.58. The summed E-state index contributed by atoms with van der Waals surface area (Å²) in [5.41, 5.74) is 0.663. The van der Waals surface area contributed by atoms with Crippen molar-refractivity contribution in [3.63, 3.8) is 0 Å². The van der Waals surface area contributed by atoms with Gasteiger partial charge < -0.3 is 14.1 Å². The summed E-state index contributed by atoms with van der Waals surface area (Å²) >= 11 is 0. The number of rotatable bonds is 3. The minimum Gasteiger partial charge on any atom is -0.486 e. The van der Waals surface area contributed by atoms with Crippen LogP contribution in [0.5, 0.6) is 5.75 Å². The first-order valence-electron chi connectivity index (χ1n) is 8.20. The van der Waals surface area contributed by atoms with E-state index in [1.807, 2.05) is 11.8 Å². The lowest BCUT2D eigenvalue weighted by atomic mass is 10.1. The predicted octanol–water partition coefficient (Wildman–Crippen LogP) is 1.36. The first-order valence-corrected chi connectivity index (χ1v) is 8.20. The molecule has 1 amide bonds. The number of furan rings is 1. The van der Waals surface area contributed by atoms with Gasteiger partial charge in [0.2, 0.25) is 0 Å². The van der Waals surface area contributed by atoms with E-state index in [0.717, 1.165) is 32.6 Å². The molecule has 2 saturated heterocycles. The third kappa shape index (κ3) is 2.87. The molecule has 0 N–H and O–H groups in total. The van der Waals surface area contributed by atoms with Crippen molar-refractivity contribution in [1.29, 1.82) is 0 Å². The molecule has 2 atom stereocenters. The van der Waals surface area contributed by atoms with Crippen molar-refractivity contribution >= 4 is 5.91 Å². The van der Waals surface area contributed by atoms with Gasteiger partial charge in [-0.2, -0.15) is 0 Å². The van der Waals surface area contributed by atoms with E-state index in [0.29, 0.717) is 23.1 Å². The number of carbonyl (C=O) groups excluding carboxylic acids is 1. The van der Waals surface area contributed by atoms with Crippen LogP contribution in [-0.2, 0) is 0 Å². The lowest BCUT2D eigenvalue weighted by molar-refractivity contribution is 0.0568. The van der Waals surface area contributed by atoms with Gasteiger partial charge in [0.1, 0.15) is 18.2 Å². The SMILES string of the molecule is Cc1occc1C(=O)N1CCN2C[C@H](Oc3cncnc3)C[C@H]2C1. The quantitative estimate of drug-likeness (QED) is 0.847. The van der Waals surface area contributed by atoms with Crippen LogP contribution in [0.15, 0.2) is 35.5 Å². The maximum Gasteiger partial charge on any atom is 0.257 e. The van der Waals surface area contributed by atoms with Crippen molar-refractivity contribution in [3.05, 3.63) is 42.4 Å². The summed E-state index contributed by atoms with van der Waals surface area (Å²) in [6.45, 7) is 5.05. The molecular weight excluding hydrogens is 308 g/mol. The Morgan fingerprint density at radius 2 is 2.12 bits per heavy atom. The first-order chi connectivity index (χ1) is 11.7. The van der Waals surface area contributed by atoms with Crippen LogP contribution >= 0.6 is 0 Å². The Bertz CT molecular complexity index is 718. The smallest absolute Gasteiger partial charge is 0.257 e. The van der Waals surface area contributed by atoms with Crippen LogP contribution in [0, 0.1) is 6.92 Å². The Balaban J connectivity index is 1.39. The highest BCUT2D eigenvalue weighted by Gasteiger charge is 2.38. The second-order valence-electron chi connectivity index (χ2n) is 6.34. The van der Waals surface area contributed by atoms with Crippen LogP contribution in [0.3, 0.4) is 0 Å². The van der Waals surface area contributed by atoms with E-state index in [4.69, 9.17) is 9.15 Å². The van der Waals surface area contributed by atoms with Gasteiger partial charge >= 0.3 is 0 Å². The van der Waals surface area contributed by atoms with Gasteiger partial charge in [0.15, 0.2) is 5.75 Å². The molecule has 2 aliphatic rings. The van der Waals surface area contributed by atoms with Gasteiger partial charge in [-0.25, -0.2) is 9.97 Å². The van der Waals surface area contributed by atoms with Gasteiger partial charge in [0.05, 0.1) is 24.2 Å². The summed E-state index contributed by atoms with van der Waals surface area (Å²) in [5, 5.41) is 0. The molecule has 7 heteroatoms. The van der Waals surface area contributed by atoms with Crippen molar-refractivity contribution in [2.45, 2.75) is 25.5 Å². The number of aromatic nitrogens is 2. The molecule has 0 radical (unpaired) electrons. The number of aryl methyl sites for hydroxylation is 1. The summed E-state index contributed by atoms with van der Waals surface area (Å²) in [7, 11) is 0. The van der Waals surface area contributed by atoms with Crippen LogP contribution in [0.2, 0.25) is 0 Å². The molecule has 4 heterocycles. The van der Waals surface area contributed by atoms with Crippen LogP contribution < -0.4 is 4.74 Å². The topological polar surface area (TPSA) is 71.7 Å². The second kappa shape index (κ2) is 6.24. The largest absolute Gasteiger partial charge is 0.486 e. The average Bonchev–Trinajstić information content (AvgIpc) is 3.19. The maximum atomic E-state index is 12.6. The normalized spacial score (nSPS) is 24.0. The second-order valence-corrected chi connectivity index (χ2v) is 6.34. The number of fused-ring (bicyclic) bond motifs is 1. The molecule has 24 heavy (non-hydrogen) atoms. The molecule has 0 aliphatic carbocycles. The molecule has 2 fully saturated rings. The Kier molecular flexibility index (Phi) is 3.93. The lowest BCUT2D eigenvalue weighted by Crippen LogP contribution is -2.52. The Hall–Kier alpha value is -2.41. The predicted molar refractivity (Wildman–Crippen MR) is 85.8 cm³/mol. The van der Waals surface area contributed by atoms with E-state index in [2.05, 4.69) is 14.9 Å². The van der Waals surface area contributed by atoms with Crippen molar-refractivity contribution in [2.24, 2.45) is 0 Å². The molecule has 2 aromatic rings. The van der Waals surface area contributed by atoms with Crippen LogP contribution in [0.25, 0.3) is 0 Å². The van der Waals surface area contributed by atoms with Gasteiger partial charge in [0.25, 0.3) is 5.91 Å². The zero-order valence-electron chi connectivity index (χ0n) is 13.6. The van der Waals surface area contributed by atoms with Crippen molar-refractivity contribution in [3.8, 4) is 5.75 Å². The monoisotopic (exact) mass is 328 g/mol. The van der Waals surface area contributed by atoms with E-state index >= 15 is 0 Å². The molecule has 0 spiro atoms. The van der Waals surface area contributed by atoms with E-state index < -0.39 is 0 Å². The molecule has 2 aliphatic heterocycles. The summed E-state index contributed by atoms with van der Waals surface area (Å²) in [6, 6.07) is 2.09. The summed E-state index contributed by atoms with van der Waals surface area (Å²) in [4.78, 5) is 24.9. The van der Waals surface area contributed by atoms with E-state index in [-0.39, 0.29) is 12.0 Å². The van der Waals surface area contributed by atoms with Crippen molar-refractivity contribution < 1.29 is 13.9 Å². The van der Waals surface area contributed by atoms with Crippen LogP contribution in [0.4, 0.5) is 0 Å². The van der Waals surface area contributed by atoms with Crippen LogP contribution in [0.1, 0.15) is 22.5 Å². The maximum absolute atomic E-state index is 12.6. The Morgan fingerprint density at radius 1 is 1.29 bits per heavy atom. The number of hydrogen-bond acceptors (Lipinski definition) is 6. The van der Waals surface area contributed by atoms with E-state index in [1.54, 1.807) is 24.7 Å². The number of ether oxygens (including phenoxy) is 1. The molecule has 0 bridgehead atoms. The van der Waals surface area contributed by atoms with Crippen molar-refractivity contribution in [1.82, 2.24) is 19.8 Å². The molecule has 0 saturated carbocycles.